The minimum atomic E-state index is -4.39. The van der Waals surface area contributed by atoms with Crippen LogP contribution in [-0.2, 0) is 4.74 Å². The van der Waals surface area contributed by atoms with Gasteiger partial charge >= 0.3 is 12.1 Å². The Bertz CT molecular complexity index is 510. The second kappa shape index (κ2) is 4.32. The van der Waals surface area contributed by atoms with E-state index in [4.69, 9.17) is 5.73 Å². The van der Waals surface area contributed by atoms with E-state index in [2.05, 4.69) is 10.1 Å². The molecule has 1 saturated carbocycles. The summed E-state index contributed by atoms with van der Waals surface area (Å²) in [4.78, 5) is 11.5. The minimum Gasteiger partial charge on any atom is -0.465 e. The third kappa shape index (κ3) is 2.32. The van der Waals surface area contributed by atoms with Crippen molar-refractivity contribution in [1.29, 1.82) is 0 Å². The third-order valence-corrected chi connectivity index (χ3v) is 3.16. The molecule has 0 atom stereocenters. The topological polar surface area (TPSA) is 64.3 Å². The van der Waals surface area contributed by atoms with Crippen molar-refractivity contribution in [3.8, 4) is 0 Å². The number of methoxy groups -OCH3 is 1. The normalized spacial score (nSPS) is 16.8. The zero-order valence-corrected chi connectivity index (χ0v) is 10.2. The summed E-state index contributed by atoms with van der Waals surface area (Å²) in [5, 5.41) is 2.37. The molecule has 0 radical (unpaired) electrons. The molecule has 3 N–H and O–H groups in total. The van der Waals surface area contributed by atoms with Gasteiger partial charge in [0.05, 0.1) is 24.0 Å². The number of para-hydroxylation sites is 1. The van der Waals surface area contributed by atoms with Crippen LogP contribution in [0.2, 0.25) is 0 Å². The van der Waals surface area contributed by atoms with Crippen molar-refractivity contribution >= 4 is 17.3 Å². The first-order valence-corrected chi connectivity index (χ1v) is 5.62. The van der Waals surface area contributed by atoms with Crippen molar-refractivity contribution in [2.45, 2.75) is 24.6 Å². The third-order valence-electron chi connectivity index (χ3n) is 3.16. The lowest BCUT2D eigenvalue weighted by atomic mass is 10.1. The van der Waals surface area contributed by atoms with Crippen LogP contribution in [0.4, 0.5) is 24.5 Å². The average molecular weight is 274 g/mol. The number of hydrogen-bond acceptors (Lipinski definition) is 4. The van der Waals surface area contributed by atoms with Gasteiger partial charge in [-0.1, -0.05) is 6.07 Å². The second-order valence-corrected chi connectivity index (χ2v) is 4.47. The predicted octanol–water partition coefficient (Wildman–Crippen LogP) is 2.56. The minimum absolute atomic E-state index is 0.00183. The van der Waals surface area contributed by atoms with Crippen molar-refractivity contribution in [3.63, 3.8) is 0 Å². The van der Waals surface area contributed by atoms with Crippen molar-refractivity contribution in [3.05, 3.63) is 23.8 Å². The van der Waals surface area contributed by atoms with Crippen LogP contribution in [0.5, 0.6) is 0 Å². The number of rotatable bonds is 3. The van der Waals surface area contributed by atoms with Gasteiger partial charge in [0.25, 0.3) is 0 Å². The molecule has 0 spiro atoms. The summed E-state index contributed by atoms with van der Waals surface area (Å²) in [6.07, 6.45) is -4.46. The van der Waals surface area contributed by atoms with Gasteiger partial charge in [0.15, 0.2) is 0 Å². The number of alkyl halides is 3. The molecule has 1 aliphatic carbocycles. The lowest BCUT2D eigenvalue weighted by molar-refractivity contribution is -0.151. The molecule has 0 amide bonds. The molecule has 2 rings (SSSR count). The van der Waals surface area contributed by atoms with E-state index >= 15 is 0 Å². The van der Waals surface area contributed by atoms with Crippen molar-refractivity contribution in [2.75, 3.05) is 18.2 Å². The first-order chi connectivity index (χ1) is 8.81. The van der Waals surface area contributed by atoms with Crippen LogP contribution in [0.3, 0.4) is 0 Å². The number of nitrogens with one attached hydrogen (secondary N) is 1. The van der Waals surface area contributed by atoms with Gasteiger partial charge in [-0.15, -0.1) is 0 Å². The SMILES string of the molecule is COC(=O)c1cccc(N)c1NC1(C(F)(F)F)CC1. The number of halogens is 3. The first kappa shape index (κ1) is 13.5. The van der Waals surface area contributed by atoms with Gasteiger partial charge in [0.1, 0.15) is 5.54 Å². The summed E-state index contributed by atoms with van der Waals surface area (Å²) in [6, 6.07) is 4.29. The highest BCUT2D eigenvalue weighted by atomic mass is 19.4. The van der Waals surface area contributed by atoms with Crippen molar-refractivity contribution < 1.29 is 22.7 Å². The van der Waals surface area contributed by atoms with Crippen LogP contribution in [0.25, 0.3) is 0 Å². The van der Waals surface area contributed by atoms with E-state index in [-0.39, 0.29) is 29.8 Å². The Labute approximate surface area is 107 Å². The molecule has 1 aliphatic rings. The summed E-state index contributed by atoms with van der Waals surface area (Å²) in [5.41, 5.74) is 3.73. The van der Waals surface area contributed by atoms with Gasteiger partial charge in [-0.25, -0.2) is 4.79 Å². The Morgan fingerprint density at radius 3 is 2.53 bits per heavy atom. The molecule has 0 heterocycles. The van der Waals surface area contributed by atoms with E-state index in [0.29, 0.717) is 0 Å². The maximum absolute atomic E-state index is 12.9. The molecule has 0 aromatic heterocycles. The fourth-order valence-corrected chi connectivity index (χ4v) is 1.83. The summed E-state index contributed by atoms with van der Waals surface area (Å²) < 4.78 is 43.3. The molecule has 19 heavy (non-hydrogen) atoms. The number of hydrogen-bond donors (Lipinski definition) is 2. The number of carbonyl (C=O) groups is 1. The number of carbonyl (C=O) groups excluding carboxylic acids is 1. The molecule has 1 aromatic rings. The van der Waals surface area contributed by atoms with E-state index in [1.165, 1.54) is 18.2 Å². The lowest BCUT2D eigenvalue weighted by Gasteiger charge is -2.24. The Balaban J connectivity index is 2.38. The Morgan fingerprint density at radius 1 is 1.42 bits per heavy atom. The van der Waals surface area contributed by atoms with Gasteiger partial charge in [0, 0.05) is 0 Å². The summed E-state index contributed by atoms with van der Waals surface area (Å²) in [6.45, 7) is 0. The molecule has 7 heteroatoms. The van der Waals surface area contributed by atoms with E-state index in [1.807, 2.05) is 0 Å². The monoisotopic (exact) mass is 274 g/mol. The quantitative estimate of drug-likeness (QED) is 0.656. The number of nitrogens with two attached hydrogens (primary N) is 1. The molecule has 0 bridgehead atoms. The molecular weight excluding hydrogens is 261 g/mol. The van der Waals surface area contributed by atoms with E-state index in [9.17, 15) is 18.0 Å². The molecule has 1 aromatic carbocycles. The summed E-state index contributed by atoms with van der Waals surface area (Å²) in [5.74, 6) is -0.729. The van der Waals surface area contributed by atoms with Crippen LogP contribution < -0.4 is 11.1 Å². The van der Waals surface area contributed by atoms with Crippen LogP contribution in [-0.4, -0.2) is 24.8 Å². The molecule has 0 aliphatic heterocycles. The summed E-state index contributed by atoms with van der Waals surface area (Å²) in [7, 11) is 1.16. The predicted molar refractivity (Wildman–Crippen MR) is 63.8 cm³/mol. The van der Waals surface area contributed by atoms with Gasteiger partial charge < -0.3 is 15.8 Å². The Morgan fingerprint density at radius 2 is 2.05 bits per heavy atom. The number of nitrogen functional groups attached to an aromatic ring is 1. The highest BCUT2D eigenvalue weighted by Crippen LogP contribution is 2.52. The molecule has 1 fully saturated rings. The Hall–Kier alpha value is -1.92. The number of esters is 1. The largest absolute Gasteiger partial charge is 0.465 e. The molecule has 104 valence electrons. The standard InChI is InChI=1S/C12H13F3N2O2/c1-19-10(18)7-3-2-4-8(16)9(7)17-11(5-6-11)12(13,14)15/h2-4,17H,5-6,16H2,1H3. The fourth-order valence-electron chi connectivity index (χ4n) is 1.83. The fraction of sp³-hybridized carbons (Fsp3) is 0.417. The second-order valence-electron chi connectivity index (χ2n) is 4.47. The smallest absolute Gasteiger partial charge is 0.411 e. The Kier molecular flexibility index (Phi) is 3.07. The van der Waals surface area contributed by atoms with Crippen molar-refractivity contribution in [2.24, 2.45) is 0 Å². The van der Waals surface area contributed by atoms with Crippen LogP contribution in [0, 0.1) is 0 Å². The highest BCUT2D eigenvalue weighted by molar-refractivity contribution is 5.99. The zero-order valence-electron chi connectivity index (χ0n) is 10.2. The number of benzene rings is 1. The number of anilines is 2. The van der Waals surface area contributed by atoms with E-state index in [1.54, 1.807) is 0 Å². The van der Waals surface area contributed by atoms with Gasteiger partial charge in [-0.05, 0) is 25.0 Å². The van der Waals surface area contributed by atoms with Crippen molar-refractivity contribution in [1.82, 2.24) is 0 Å². The summed E-state index contributed by atoms with van der Waals surface area (Å²) >= 11 is 0. The molecular formula is C12H13F3N2O2. The highest BCUT2D eigenvalue weighted by Gasteiger charge is 2.63. The zero-order chi connectivity index (χ0) is 14.3. The van der Waals surface area contributed by atoms with Crippen LogP contribution in [0.1, 0.15) is 23.2 Å². The van der Waals surface area contributed by atoms with E-state index in [0.717, 1.165) is 7.11 Å². The van der Waals surface area contributed by atoms with Gasteiger partial charge in [-0.2, -0.15) is 13.2 Å². The maximum atomic E-state index is 12.9. The first-order valence-electron chi connectivity index (χ1n) is 5.62. The van der Waals surface area contributed by atoms with Crippen LogP contribution >= 0.6 is 0 Å². The van der Waals surface area contributed by atoms with Gasteiger partial charge in [0.2, 0.25) is 0 Å². The van der Waals surface area contributed by atoms with Gasteiger partial charge in [-0.3, -0.25) is 0 Å². The lowest BCUT2D eigenvalue weighted by Crippen LogP contribution is -2.39. The van der Waals surface area contributed by atoms with E-state index < -0.39 is 17.7 Å². The molecule has 0 saturated heterocycles. The number of ether oxygens (including phenoxy) is 1. The maximum Gasteiger partial charge on any atom is 0.411 e. The molecule has 0 unspecified atom stereocenters. The van der Waals surface area contributed by atoms with Crippen LogP contribution in [0.15, 0.2) is 18.2 Å². The molecule has 4 nitrogen and oxygen atoms in total. The average Bonchev–Trinajstić information content (AvgIpc) is 3.11.